The number of hydrogen-bond donors (Lipinski definition) is 0. The van der Waals surface area contributed by atoms with Crippen molar-refractivity contribution >= 4 is 33.0 Å². The zero-order chi connectivity index (χ0) is 37.6. The molecule has 49 heavy (non-hydrogen) atoms. The van der Waals surface area contributed by atoms with Gasteiger partial charge in [0, 0.05) is 0 Å². The molecule has 0 aromatic rings. The molecule has 0 amide bonds. The van der Waals surface area contributed by atoms with Crippen LogP contribution < -0.4 is 19.6 Å². The molecule has 0 fully saturated rings. The van der Waals surface area contributed by atoms with Crippen LogP contribution in [-0.4, -0.2) is 24.4 Å². The van der Waals surface area contributed by atoms with Crippen LogP contribution in [0.5, 0.6) is 0 Å². The summed E-state index contributed by atoms with van der Waals surface area (Å²) in [6.07, 6.45) is 21.3. The van der Waals surface area contributed by atoms with Crippen molar-refractivity contribution in [1.29, 1.82) is 0 Å². The summed E-state index contributed by atoms with van der Waals surface area (Å²) < 4.78 is 58.8. The Morgan fingerprint density at radius 2 is 0.531 bits per heavy atom. The Balaban J connectivity index is -0.000000174. The van der Waals surface area contributed by atoms with E-state index in [4.69, 9.17) is 0 Å². The molecule has 0 saturated heterocycles. The monoisotopic (exact) mass is 866 g/mol. The summed E-state index contributed by atoms with van der Waals surface area (Å²) in [7, 11) is -10.7. The van der Waals surface area contributed by atoms with Gasteiger partial charge in [-0.3, -0.25) is 0 Å². The fourth-order valence-electron chi connectivity index (χ4n) is 4.23. The van der Waals surface area contributed by atoms with E-state index in [0.717, 1.165) is 51.4 Å². The van der Waals surface area contributed by atoms with E-state index < -0.39 is 33.0 Å². The van der Waals surface area contributed by atoms with E-state index in [1.807, 2.05) is 0 Å². The summed E-state index contributed by atoms with van der Waals surface area (Å²) in [6, 6.07) is 0. The maximum atomic E-state index is 10.1. The molecule has 0 aromatic heterocycles. The predicted molar refractivity (Wildman–Crippen MR) is 188 cm³/mol. The van der Waals surface area contributed by atoms with E-state index in [0.29, 0.717) is 0 Å². The van der Waals surface area contributed by atoms with Gasteiger partial charge < -0.3 is 19.6 Å². The van der Waals surface area contributed by atoms with E-state index in [9.17, 15) is 37.8 Å². The first-order chi connectivity index (χ1) is 22.7. The van der Waals surface area contributed by atoms with Crippen LogP contribution in [0.4, 0.5) is 0 Å². The topological polar surface area (TPSA) is 197 Å². The Bertz CT molecular complexity index is 637. The molecule has 0 aliphatic rings. The van der Waals surface area contributed by atoms with E-state index in [2.05, 4.69) is 45.8 Å². The van der Waals surface area contributed by atoms with E-state index in [-0.39, 0.29) is 45.5 Å². The fraction of sp³-hybridized carbons (Fsp3) is 1.00. The molecule has 0 rings (SSSR count). The Hall–Kier alpha value is 0.768. The number of hydrogen-bond acceptors (Lipinski definition) is 12. The summed E-state index contributed by atoms with van der Waals surface area (Å²) >= 11 is 0. The summed E-state index contributed by atoms with van der Waals surface area (Å²) in [5.41, 5.74) is 0. The third-order valence-electron chi connectivity index (χ3n) is 6.92. The maximum absolute atomic E-state index is 10.1. The Kier molecular flexibility index (Phi) is 56.4. The van der Waals surface area contributed by atoms with Gasteiger partial charge in [-0.25, -0.2) is 0 Å². The molecule has 0 aromatic carbocycles. The molecule has 0 radical (unpaired) electrons. The van der Waals surface area contributed by atoms with Crippen LogP contribution in [-0.2, 0) is 57.4 Å². The minimum Gasteiger partial charge on any atom is -0.566 e. The van der Waals surface area contributed by atoms with Gasteiger partial charge in [0.05, 0.1) is 0 Å². The second-order valence-corrected chi connectivity index (χ2v) is 14.6. The van der Waals surface area contributed by atoms with Crippen LogP contribution in [0.1, 0.15) is 184 Å². The van der Waals surface area contributed by atoms with Crippen molar-refractivity contribution in [2.24, 2.45) is 0 Å². The van der Waals surface area contributed by atoms with Gasteiger partial charge in [-0.2, -0.15) is 0 Å². The van der Waals surface area contributed by atoms with E-state index in [1.54, 1.807) is 27.7 Å². The Morgan fingerprint density at radius 1 is 0.367 bits per heavy atom. The molecule has 0 aliphatic heterocycles. The molecule has 12 nitrogen and oxygen atoms in total. The van der Waals surface area contributed by atoms with E-state index >= 15 is 0 Å². The summed E-state index contributed by atoms with van der Waals surface area (Å²) in [6.45, 7) is 15.7. The van der Waals surface area contributed by atoms with Crippen molar-refractivity contribution in [2.45, 2.75) is 208 Å². The van der Waals surface area contributed by atoms with Crippen molar-refractivity contribution < 1.29 is 77.0 Å². The zero-order valence-electron chi connectivity index (χ0n) is 31.5. The van der Waals surface area contributed by atoms with Crippen LogP contribution in [0, 0.1) is 0 Å². The first-order valence-electron chi connectivity index (χ1n) is 17.9. The van der Waals surface area contributed by atoms with Crippen LogP contribution >= 0.6 is 33.0 Å². The molecule has 8 unspecified atom stereocenters. The van der Waals surface area contributed by atoms with Crippen LogP contribution in [0.25, 0.3) is 0 Å². The Morgan fingerprint density at radius 3 is 0.653 bits per heavy atom. The zero-order valence-corrected chi connectivity index (χ0v) is 37.1. The predicted octanol–water partition coefficient (Wildman–Crippen LogP) is 9.52. The molecular weight excluding hydrogens is 796 g/mol. The molecule has 17 heteroatoms. The summed E-state index contributed by atoms with van der Waals surface area (Å²) in [5, 5.41) is 0. The number of unbranched alkanes of at least 4 members (excludes halogenated alkanes) is 12. The molecule has 0 heterocycles. The van der Waals surface area contributed by atoms with Gasteiger partial charge >= 0.3 is 54.1 Å². The average molecular weight is 865 g/mol. The molecule has 8 atom stereocenters. The van der Waals surface area contributed by atoms with E-state index in [1.165, 1.54) is 77.0 Å². The van der Waals surface area contributed by atoms with Crippen LogP contribution in [0.2, 0.25) is 0 Å². The number of rotatable bonds is 28. The Labute approximate surface area is 317 Å². The first-order valence-corrected chi connectivity index (χ1v) is 22.3. The molecule has 0 aliphatic carbocycles. The fourth-order valence-corrected chi connectivity index (χ4v) is 5.83. The minimum atomic E-state index is -2.66. The van der Waals surface area contributed by atoms with Crippen molar-refractivity contribution in [1.82, 2.24) is 0 Å². The van der Waals surface area contributed by atoms with Gasteiger partial charge in [-0.05, 0) is 71.6 Å². The molecule has 0 spiro atoms. The third-order valence-corrected chi connectivity index (χ3v) is 9.05. The summed E-state index contributed by atoms with van der Waals surface area (Å²) in [5.74, 6) is 0. The molecule has 0 bridgehead atoms. The standard InChI is InChI=1S/4C8H17O3P.Mo/c4*1-3-4-5-6-7-8(2)11-12(9)10;/h4*8H,3-7H2,1-2H3;/q;;;;+4. The average Bonchev–Trinajstić information content (AvgIpc) is 2.98. The minimum absolute atomic E-state index is 0. The first kappa shape index (κ1) is 59.1. The van der Waals surface area contributed by atoms with Gasteiger partial charge in [-0.15, -0.1) is 18.1 Å². The molecule has 290 valence electrons. The van der Waals surface area contributed by atoms with Gasteiger partial charge in [0.15, 0.2) is 0 Å². The summed E-state index contributed by atoms with van der Waals surface area (Å²) in [4.78, 5) is 40.5. The largest absolute Gasteiger partial charge is 4.00 e. The third kappa shape index (κ3) is 64.2. The van der Waals surface area contributed by atoms with Crippen molar-refractivity contribution in [2.75, 3.05) is 0 Å². The molecular formula is C32H68MoO12P4+4. The van der Waals surface area contributed by atoms with Gasteiger partial charge in [0.1, 0.15) is 24.4 Å². The normalized spacial score (nSPS) is 14.1. The van der Waals surface area contributed by atoms with Crippen molar-refractivity contribution in [3.8, 4) is 0 Å². The van der Waals surface area contributed by atoms with Gasteiger partial charge in [0.25, 0.3) is 0 Å². The second kappa shape index (κ2) is 46.8. The smallest absolute Gasteiger partial charge is 0.566 e. The maximum Gasteiger partial charge on any atom is 4.00 e. The van der Waals surface area contributed by atoms with Crippen LogP contribution in [0.15, 0.2) is 0 Å². The van der Waals surface area contributed by atoms with Crippen LogP contribution in [0.3, 0.4) is 0 Å². The van der Waals surface area contributed by atoms with Crippen molar-refractivity contribution in [3.05, 3.63) is 0 Å². The molecule has 0 saturated carbocycles. The molecule has 0 N–H and O–H groups in total. The van der Waals surface area contributed by atoms with Gasteiger partial charge in [-0.1, -0.05) is 130 Å². The van der Waals surface area contributed by atoms with Crippen molar-refractivity contribution in [3.63, 3.8) is 0 Å². The van der Waals surface area contributed by atoms with Gasteiger partial charge in [0.2, 0.25) is 0 Å². The second-order valence-electron chi connectivity index (χ2n) is 12.0. The quantitative estimate of drug-likeness (QED) is 0.0411. The SMILES string of the molecule is CCCCCCC(C)O[P+](=O)[O-].CCCCCCC(C)O[P+](=O)[O-].CCCCCCC(C)O[P+](=O)[O-].CCCCCCC(C)O[P+](=O)[O-].[Mo+4].